The highest BCUT2D eigenvalue weighted by Gasteiger charge is 2.22. The van der Waals surface area contributed by atoms with Crippen molar-refractivity contribution in [2.75, 3.05) is 0 Å². The topological polar surface area (TPSA) is 0 Å². The van der Waals surface area contributed by atoms with Crippen molar-refractivity contribution >= 4 is 0 Å². The molecule has 0 saturated carbocycles. The molecular weight excluding hydrogens is 146 g/mol. The second-order valence-electron chi connectivity index (χ2n) is 2.96. The predicted octanol–water partition coefficient (Wildman–Crippen LogP) is 3.31. The minimum absolute atomic E-state index is 0.205. The second kappa shape index (κ2) is 3.16. The molecule has 11 heavy (non-hydrogen) atoms. The molecule has 1 rings (SSSR count). The zero-order valence-electron chi connectivity index (χ0n) is 6.66. The number of rotatable bonds is 1. The molecule has 0 aromatic carbocycles. The summed E-state index contributed by atoms with van der Waals surface area (Å²) >= 11 is 0. The number of hydrogen-bond acceptors (Lipinski definition) is 0. The van der Waals surface area contributed by atoms with Crippen LogP contribution < -0.4 is 0 Å². The van der Waals surface area contributed by atoms with Gasteiger partial charge in [0.25, 0.3) is 0 Å². The van der Waals surface area contributed by atoms with Crippen LogP contribution >= 0.6 is 0 Å². The van der Waals surface area contributed by atoms with Crippen LogP contribution in [0.3, 0.4) is 0 Å². The first-order valence-electron chi connectivity index (χ1n) is 3.81. The molecule has 0 fully saturated rings. The molecule has 0 N–H and O–H groups in total. The van der Waals surface area contributed by atoms with Crippen molar-refractivity contribution in [2.45, 2.75) is 32.4 Å². The molecule has 0 bridgehead atoms. The Kier molecular flexibility index (Phi) is 2.42. The first-order chi connectivity index (χ1) is 5.13. The molecule has 2 heteroatoms. The Morgan fingerprint density at radius 3 is 2.64 bits per heavy atom. The lowest BCUT2D eigenvalue weighted by Crippen LogP contribution is -2.12. The molecule has 0 saturated heterocycles. The van der Waals surface area contributed by atoms with Crippen LogP contribution in [-0.2, 0) is 0 Å². The van der Waals surface area contributed by atoms with E-state index in [9.17, 15) is 8.78 Å². The summed E-state index contributed by atoms with van der Waals surface area (Å²) in [6, 6.07) is 0. The monoisotopic (exact) mass is 158 g/mol. The van der Waals surface area contributed by atoms with Gasteiger partial charge in [-0.25, -0.2) is 8.78 Å². The molecule has 0 aliphatic heterocycles. The maximum atomic E-state index is 13.0. The van der Waals surface area contributed by atoms with Gasteiger partial charge in [-0.1, -0.05) is 6.58 Å². The summed E-state index contributed by atoms with van der Waals surface area (Å²) in [5.74, 6) is -0.309. The van der Waals surface area contributed by atoms with Gasteiger partial charge < -0.3 is 0 Å². The maximum Gasteiger partial charge on any atom is 0.128 e. The van der Waals surface area contributed by atoms with E-state index in [1.54, 1.807) is 6.92 Å². The van der Waals surface area contributed by atoms with E-state index in [1.165, 1.54) is 0 Å². The highest BCUT2D eigenvalue weighted by atomic mass is 19.1. The van der Waals surface area contributed by atoms with E-state index in [1.807, 2.05) is 0 Å². The smallest absolute Gasteiger partial charge is 0.128 e. The van der Waals surface area contributed by atoms with Gasteiger partial charge in [0.15, 0.2) is 0 Å². The van der Waals surface area contributed by atoms with Gasteiger partial charge in [-0.2, -0.15) is 0 Å². The standard InChI is InChI=1S/C9H12F2/c1-6(2)9-7(10)4-3-5-8(9)11/h7H,1,3-5H2,2H3. The van der Waals surface area contributed by atoms with Crippen LogP contribution in [0.15, 0.2) is 23.6 Å². The van der Waals surface area contributed by atoms with E-state index >= 15 is 0 Å². The zero-order chi connectivity index (χ0) is 8.43. The molecule has 0 heterocycles. The summed E-state index contributed by atoms with van der Waals surface area (Å²) in [4.78, 5) is 0. The predicted molar refractivity (Wildman–Crippen MR) is 41.7 cm³/mol. The summed E-state index contributed by atoms with van der Waals surface area (Å²) in [6.07, 6.45) is 0.309. The van der Waals surface area contributed by atoms with E-state index in [-0.39, 0.29) is 11.4 Å². The van der Waals surface area contributed by atoms with Crippen molar-refractivity contribution < 1.29 is 8.78 Å². The third-order valence-electron chi connectivity index (χ3n) is 1.92. The van der Waals surface area contributed by atoms with E-state index in [0.717, 1.165) is 0 Å². The van der Waals surface area contributed by atoms with Crippen molar-refractivity contribution in [1.82, 2.24) is 0 Å². The summed E-state index contributed by atoms with van der Waals surface area (Å²) < 4.78 is 25.9. The van der Waals surface area contributed by atoms with E-state index in [0.29, 0.717) is 24.8 Å². The summed E-state index contributed by atoms with van der Waals surface area (Å²) in [5, 5.41) is 0. The number of halogens is 2. The third-order valence-corrected chi connectivity index (χ3v) is 1.92. The highest BCUT2D eigenvalue weighted by molar-refractivity contribution is 5.34. The van der Waals surface area contributed by atoms with Gasteiger partial charge in [-0.15, -0.1) is 0 Å². The fourth-order valence-corrected chi connectivity index (χ4v) is 1.38. The molecule has 62 valence electrons. The number of allylic oxidation sites excluding steroid dienone is 3. The third kappa shape index (κ3) is 1.67. The molecule has 1 unspecified atom stereocenters. The lowest BCUT2D eigenvalue weighted by atomic mass is 9.92. The van der Waals surface area contributed by atoms with Gasteiger partial charge >= 0.3 is 0 Å². The lowest BCUT2D eigenvalue weighted by molar-refractivity contribution is 0.323. The molecule has 0 radical (unpaired) electrons. The van der Waals surface area contributed by atoms with Gasteiger partial charge in [0, 0.05) is 5.57 Å². The first-order valence-corrected chi connectivity index (χ1v) is 3.81. The van der Waals surface area contributed by atoms with E-state index < -0.39 is 6.17 Å². The van der Waals surface area contributed by atoms with Crippen LogP contribution in [0.1, 0.15) is 26.2 Å². The molecule has 0 aromatic heterocycles. The van der Waals surface area contributed by atoms with E-state index in [4.69, 9.17) is 0 Å². The quantitative estimate of drug-likeness (QED) is 0.549. The van der Waals surface area contributed by atoms with Crippen LogP contribution in [0, 0.1) is 0 Å². The lowest BCUT2D eigenvalue weighted by Gasteiger charge is -2.18. The molecule has 0 amide bonds. The number of alkyl halides is 1. The SMILES string of the molecule is C=C(C)C1=C(F)CCCC1F. The summed E-state index contributed by atoms with van der Waals surface area (Å²) in [7, 11) is 0. The van der Waals surface area contributed by atoms with Crippen molar-refractivity contribution in [2.24, 2.45) is 0 Å². The Hall–Kier alpha value is -0.660. The van der Waals surface area contributed by atoms with E-state index in [2.05, 4.69) is 6.58 Å². The van der Waals surface area contributed by atoms with Crippen LogP contribution in [0.5, 0.6) is 0 Å². The number of hydrogen-bond donors (Lipinski definition) is 0. The van der Waals surface area contributed by atoms with Crippen LogP contribution in [0.4, 0.5) is 8.78 Å². The first kappa shape index (κ1) is 8.44. The van der Waals surface area contributed by atoms with Crippen LogP contribution in [-0.4, -0.2) is 6.17 Å². The fourth-order valence-electron chi connectivity index (χ4n) is 1.38. The van der Waals surface area contributed by atoms with Gasteiger partial charge in [0.2, 0.25) is 0 Å². The minimum atomic E-state index is -1.12. The van der Waals surface area contributed by atoms with Crippen molar-refractivity contribution in [3.63, 3.8) is 0 Å². The highest BCUT2D eigenvalue weighted by Crippen LogP contribution is 2.31. The Morgan fingerprint density at radius 2 is 2.27 bits per heavy atom. The zero-order valence-corrected chi connectivity index (χ0v) is 6.66. The van der Waals surface area contributed by atoms with Crippen molar-refractivity contribution in [3.8, 4) is 0 Å². The fraction of sp³-hybridized carbons (Fsp3) is 0.556. The summed E-state index contributed by atoms with van der Waals surface area (Å²) in [6.45, 7) is 5.19. The average molecular weight is 158 g/mol. The molecule has 0 aromatic rings. The van der Waals surface area contributed by atoms with Crippen LogP contribution in [0.2, 0.25) is 0 Å². The molecule has 0 nitrogen and oxygen atoms in total. The Bertz CT molecular complexity index is 204. The second-order valence-corrected chi connectivity index (χ2v) is 2.96. The van der Waals surface area contributed by atoms with Gasteiger partial charge in [0.05, 0.1) is 0 Å². The van der Waals surface area contributed by atoms with Gasteiger partial charge in [-0.05, 0) is 31.8 Å². The largest absolute Gasteiger partial charge is 0.242 e. The molecule has 1 atom stereocenters. The molecule has 0 spiro atoms. The Labute approximate surface area is 65.6 Å². The van der Waals surface area contributed by atoms with Crippen molar-refractivity contribution in [3.05, 3.63) is 23.6 Å². The maximum absolute atomic E-state index is 13.0. The molecule has 1 aliphatic carbocycles. The van der Waals surface area contributed by atoms with Crippen molar-refractivity contribution in [1.29, 1.82) is 0 Å². The average Bonchev–Trinajstić information content (AvgIpc) is 1.85. The van der Waals surface area contributed by atoms with Crippen LogP contribution in [0.25, 0.3) is 0 Å². The van der Waals surface area contributed by atoms with Gasteiger partial charge in [0.1, 0.15) is 12.0 Å². The Balaban J connectivity index is 2.91. The molecular formula is C9H12F2. The normalized spacial score (nSPS) is 25.5. The Morgan fingerprint density at radius 1 is 1.64 bits per heavy atom. The summed E-state index contributed by atoms with van der Waals surface area (Å²) in [5.41, 5.74) is 0.728. The van der Waals surface area contributed by atoms with Gasteiger partial charge in [-0.3, -0.25) is 0 Å². The molecule has 1 aliphatic rings. The minimum Gasteiger partial charge on any atom is -0.242 e.